The lowest BCUT2D eigenvalue weighted by molar-refractivity contribution is 0.134. The predicted octanol–water partition coefficient (Wildman–Crippen LogP) is 4.20. The lowest BCUT2D eigenvalue weighted by atomic mass is 10.1. The SMILES string of the molecule is CCNC(=NCc1ccc(COCC)cc1)NCCc1cccs1.I. The molecule has 2 rings (SSSR count). The highest BCUT2D eigenvalue weighted by Crippen LogP contribution is 2.08. The number of benzene rings is 1. The molecule has 0 unspecified atom stereocenters. The zero-order valence-electron chi connectivity index (χ0n) is 15.0. The fourth-order valence-electron chi connectivity index (χ4n) is 2.23. The van der Waals surface area contributed by atoms with Gasteiger partial charge in [0.2, 0.25) is 0 Å². The van der Waals surface area contributed by atoms with Gasteiger partial charge in [-0.1, -0.05) is 30.3 Å². The molecule has 4 nitrogen and oxygen atoms in total. The van der Waals surface area contributed by atoms with Gasteiger partial charge in [0.25, 0.3) is 0 Å². The number of hydrogen-bond donors (Lipinski definition) is 2. The molecular formula is C19H28IN3OS. The first kappa shape index (κ1) is 21.9. The molecule has 0 amide bonds. The van der Waals surface area contributed by atoms with Gasteiger partial charge in [-0.2, -0.15) is 0 Å². The first-order chi connectivity index (χ1) is 11.8. The fraction of sp³-hybridized carbons (Fsp3) is 0.421. The number of rotatable bonds is 9. The predicted molar refractivity (Wildman–Crippen MR) is 118 cm³/mol. The van der Waals surface area contributed by atoms with Crippen LogP contribution >= 0.6 is 35.3 Å². The van der Waals surface area contributed by atoms with Crippen molar-refractivity contribution < 1.29 is 4.74 Å². The maximum absolute atomic E-state index is 5.42. The van der Waals surface area contributed by atoms with Crippen LogP contribution in [-0.2, 0) is 24.3 Å². The van der Waals surface area contributed by atoms with Crippen LogP contribution in [0.25, 0.3) is 0 Å². The Bertz CT molecular complexity index is 600. The molecule has 6 heteroatoms. The van der Waals surface area contributed by atoms with Crippen molar-refractivity contribution in [2.24, 2.45) is 4.99 Å². The summed E-state index contributed by atoms with van der Waals surface area (Å²) in [7, 11) is 0. The van der Waals surface area contributed by atoms with Gasteiger partial charge >= 0.3 is 0 Å². The Labute approximate surface area is 172 Å². The Morgan fingerprint density at radius 1 is 1.08 bits per heavy atom. The van der Waals surface area contributed by atoms with E-state index in [9.17, 15) is 0 Å². The summed E-state index contributed by atoms with van der Waals surface area (Å²) in [4.78, 5) is 6.05. The first-order valence-electron chi connectivity index (χ1n) is 8.52. The van der Waals surface area contributed by atoms with E-state index in [-0.39, 0.29) is 24.0 Å². The Kier molecular flexibility index (Phi) is 11.5. The molecule has 1 heterocycles. The molecule has 0 aliphatic heterocycles. The van der Waals surface area contributed by atoms with E-state index >= 15 is 0 Å². The molecule has 0 spiro atoms. The van der Waals surface area contributed by atoms with Crippen molar-refractivity contribution in [3.05, 3.63) is 57.8 Å². The van der Waals surface area contributed by atoms with Crippen LogP contribution in [-0.4, -0.2) is 25.7 Å². The Morgan fingerprint density at radius 2 is 1.84 bits per heavy atom. The summed E-state index contributed by atoms with van der Waals surface area (Å²) < 4.78 is 5.42. The minimum atomic E-state index is 0. The minimum absolute atomic E-state index is 0. The van der Waals surface area contributed by atoms with Crippen molar-refractivity contribution in [1.29, 1.82) is 0 Å². The highest BCUT2D eigenvalue weighted by molar-refractivity contribution is 14.0. The summed E-state index contributed by atoms with van der Waals surface area (Å²) in [6.45, 7) is 7.93. The molecule has 0 aliphatic rings. The second-order valence-corrected chi connectivity index (χ2v) is 6.44. The molecule has 25 heavy (non-hydrogen) atoms. The van der Waals surface area contributed by atoms with Crippen LogP contribution in [0.2, 0.25) is 0 Å². The maximum Gasteiger partial charge on any atom is 0.191 e. The molecule has 0 atom stereocenters. The normalized spacial score (nSPS) is 11.0. The zero-order chi connectivity index (χ0) is 17.0. The van der Waals surface area contributed by atoms with Crippen molar-refractivity contribution in [3.8, 4) is 0 Å². The molecule has 0 fully saturated rings. The second-order valence-electron chi connectivity index (χ2n) is 5.40. The fourth-order valence-corrected chi connectivity index (χ4v) is 2.94. The number of thiophene rings is 1. The number of hydrogen-bond acceptors (Lipinski definition) is 3. The van der Waals surface area contributed by atoms with E-state index in [1.165, 1.54) is 16.0 Å². The topological polar surface area (TPSA) is 45.7 Å². The first-order valence-corrected chi connectivity index (χ1v) is 9.40. The van der Waals surface area contributed by atoms with Gasteiger partial charge in [-0.15, -0.1) is 35.3 Å². The van der Waals surface area contributed by atoms with E-state index in [1.54, 1.807) is 11.3 Å². The van der Waals surface area contributed by atoms with Crippen LogP contribution in [0.5, 0.6) is 0 Å². The minimum Gasteiger partial charge on any atom is -0.377 e. The van der Waals surface area contributed by atoms with Crippen LogP contribution in [0.4, 0.5) is 0 Å². The summed E-state index contributed by atoms with van der Waals surface area (Å²) >= 11 is 1.79. The number of guanidine groups is 1. The summed E-state index contributed by atoms with van der Waals surface area (Å²) in [6, 6.07) is 12.7. The largest absolute Gasteiger partial charge is 0.377 e. The van der Waals surface area contributed by atoms with Crippen LogP contribution in [0.3, 0.4) is 0 Å². The van der Waals surface area contributed by atoms with Gasteiger partial charge in [0.15, 0.2) is 5.96 Å². The van der Waals surface area contributed by atoms with E-state index in [2.05, 4.69) is 64.3 Å². The van der Waals surface area contributed by atoms with Crippen molar-refractivity contribution >= 4 is 41.3 Å². The van der Waals surface area contributed by atoms with Gasteiger partial charge in [-0.3, -0.25) is 0 Å². The number of halogens is 1. The van der Waals surface area contributed by atoms with Crippen molar-refractivity contribution in [3.63, 3.8) is 0 Å². The third-order valence-electron chi connectivity index (χ3n) is 3.50. The quantitative estimate of drug-likeness (QED) is 0.326. The number of ether oxygens (including phenoxy) is 1. The Balaban J connectivity index is 0.00000312. The van der Waals surface area contributed by atoms with Crippen LogP contribution < -0.4 is 10.6 Å². The highest BCUT2D eigenvalue weighted by atomic mass is 127. The monoisotopic (exact) mass is 473 g/mol. The Morgan fingerprint density at radius 3 is 2.48 bits per heavy atom. The van der Waals surface area contributed by atoms with Crippen molar-refractivity contribution in [2.75, 3.05) is 19.7 Å². The number of nitrogens with zero attached hydrogens (tertiary/aromatic N) is 1. The molecule has 2 aromatic rings. The number of nitrogens with one attached hydrogen (secondary N) is 2. The molecular weight excluding hydrogens is 445 g/mol. The summed E-state index contributed by atoms with van der Waals surface area (Å²) in [5.74, 6) is 0.868. The van der Waals surface area contributed by atoms with Gasteiger partial charge in [-0.05, 0) is 42.8 Å². The average Bonchev–Trinajstić information content (AvgIpc) is 3.12. The van der Waals surface area contributed by atoms with Gasteiger partial charge < -0.3 is 15.4 Å². The summed E-state index contributed by atoms with van der Waals surface area (Å²) in [6.07, 6.45) is 1.02. The van der Waals surface area contributed by atoms with E-state index in [4.69, 9.17) is 4.74 Å². The van der Waals surface area contributed by atoms with E-state index in [0.717, 1.165) is 32.1 Å². The van der Waals surface area contributed by atoms with Crippen molar-refractivity contribution in [1.82, 2.24) is 10.6 Å². The van der Waals surface area contributed by atoms with E-state index < -0.39 is 0 Å². The van der Waals surface area contributed by atoms with Gasteiger partial charge in [-0.25, -0.2) is 4.99 Å². The molecule has 0 saturated heterocycles. The van der Waals surface area contributed by atoms with Crippen molar-refractivity contribution in [2.45, 2.75) is 33.4 Å². The molecule has 1 aromatic carbocycles. The lowest BCUT2D eigenvalue weighted by Gasteiger charge is -2.11. The average molecular weight is 473 g/mol. The second kappa shape index (κ2) is 13.1. The standard InChI is InChI=1S/C19H27N3OS.HI/c1-3-20-19(21-12-11-18-6-5-13-24-18)22-14-16-7-9-17(10-8-16)15-23-4-2;/h5-10,13H,3-4,11-12,14-15H2,1-2H3,(H2,20,21,22);1H. The molecule has 0 bridgehead atoms. The number of aliphatic imine (C=N–C) groups is 1. The molecule has 0 aliphatic carbocycles. The molecule has 138 valence electrons. The molecule has 0 radical (unpaired) electrons. The molecule has 0 saturated carbocycles. The van der Waals surface area contributed by atoms with Crippen LogP contribution in [0, 0.1) is 0 Å². The lowest BCUT2D eigenvalue weighted by Crippen LogP contribution is -2.38. The van der Waals surface area contributed by atoms with Gasteiger partial charge in [0.05, 0.1) is 13.2 Å². The third-order valence-corrected chi connectivity index (χ3v) is 4.44. The van der Waals surface area contributed by atoms with Crippen LogP contribution in [0.15, 0.2) is 46.8 Å². The summed E-state index contributed by atoms with van der Waals surface area (Å²) in [5.41, 5.74) is 2.40. The molecule has 2 N–H and O–H groups in total. The highest BCUT2D eigenvalue weighted by Gasteiger charge is 1.99. The van der Waals surface area contributed by atoms with Gasteiger partial charge in [0, 0.05) is 24.6 Å². The molecule has 1 aromatic heterocycles. The smallest absolute Gasteiger partial charge is 0.191 e. The van der Waals surface area contributed by atoms with Gasteiger partial charge in [0.1, 0.15) is 0 Å². The van der Waals surface area contributed by atoms with Crippen LogP contribution in [0.1, 0.15) is 29.9 Å². The van der Waals surface area contributed by atoms with E-state index in [0.29, 0.717) is 13.2 Å². The Hall–Kier alpha value is -1.12. The summed E-state index contributed by atoms with van der Waals surface area (Å²) in [5, 5.41) is 8.80. The third kappa shape index (κ3) is 8.69. The van der Waals surface area contributed by atoms with E-state index in [1.807, 2.05) is 6.92 Å². The zero-order valence-corrected chi connectivity index (χ0v) is 18.1. The maximum atomic E-state index is 5.42.